The number of aromatic nitrogens is 1. The number of carboxylic acids is 1. The first kappa shape index (κ1) is 28.9. The molecule has 1 aromatic heterocycles. The summed E-state index contributed by atoms with van der Waals surface area (Å²) in [6.07, 6.45) is 3.07. The molecule has 8 heteroatoms. The fourth-order valence-corrected chi connectivity index (χ4v) is 5.74. The van der Waals surface area contributed by atoms with Crippen molar-refractivity contribution in [3.8, 4) is 0 Å². The first-order chi connectivity index (χ1) is 17.1. The van der Waals surface area contributed by atoms with E-state index < -0.39 is 19.9 Å². The second kappa shape index (κ2) is 11.0. The number of carboxylic acid groups (broad SMARTS) is 1. The first-order valence-corrected chi connectivity index (χ1v) is 15.9. The van der Waals surface area contributed by atoms with Gasteiger partial charge in [-0.25, -0.2) is 14.6 Å². The lowest BCUT2D eigenvalue weighted by molar-refractivity contribution is -0.00240. The minimum absolute atomic E-state index is 0.00367. The Morgan fingerprint density at radius 1 is 1.05 bits per heavy atom. The second-order valence-electron chi connectivity index (χ2n) is 12.5. The van der Waals surface area contributed by atoms with Crippen molar-refractivity contribution in [2.75, 3.05) is 0 Å². The lowest BCUT2D eigenvalue weighted by Crippen LogP contribution is -2.50. The van der Waals surface area contributed by atoms with E-state index >= 15 is 0 Å². The first-order valence-electron chi connectivity index (χ1n) is 13.0. The molecule has 2 heterocycles. The largest absolute Gasteiger partial charge is 0.477 e. The van der Waals surface area contributed by atoms with Crippen molar-refractivity contribution in [3.63, 3.8) is 0 Å². The predicted molar refractivity (Wildman–Crippen MR) is 147 cm³/mol. The van der Waals surface area contributed by atoms with Crippen LogP contribution in [0.4, 0.5) is 4.79 Å². The van der Waals surface area contributed by atoms with Crippen molar-refractivity contribution in [3.05, 3.63) is 65.5 Å². The van der Waals surface area contributed by atoms with Crippen LogP contribution in [0.1, 0.15) is 82.1 Å². The number of benzene rings is 1. The quantitative estimate of drug-likeness (QED) is 0.397. The van der Waals surface area contributed by atoms with Crippen LogP contribution >= 0.6 is 0 Å². The van der Waals surface area contributed by atoms with E-state index in [0.717, 1.165) is 24.0 Å². The van der Waals surface area contributed by atoms with Gasteiger partial charge in [-0.15, -0.1) is 0 Å². The van der Waals surface area contributed by atoms with Crippen LogP contribution in [0.3, 0.4) is 0 Å². The number of nitrogens with zero attached hydrogens (tertiary/aromatic N) is 2. The molecule has 7 nitrogen and oxygen atoms in total. The molecule has 0 saturated carbocycles. The van der Waals surface area contributed by atoms with Crippen LogP contribution in [0.2, 0.25) is 18.1 Å². The number of aromatic carboxylic acids is 1. The Bertz CT molecular complexity index is 1070. The average molecular weight is 527 g/mol. The number of rotatable bonds is 7. The lowest BCUT2D eigenvalue weighted by Gasteiger charge is -2.43. The van der Waals surface area contributed by atoms with Gasteiger partial charge in [0.15, 0.2) is 8.32 Å². The van der Waals surface area contributed by atoms with Crippen LogP contribution in [0.15, 0.2) is 48.7 Å². The summed E-state index contributed by atoms with van der Waals surface area (Å²) in [7, 11) is -2.19. The van der Waals surface area contributed by atoms with Crippen molar-refractivity contribution >= 4 is 20.4 Å². The summed E-state index contributed by atoms with van der Waals surface area (Å²) in [5.41, 5.74) is 1.30. The van der Waals surface area contributed by atoms with E-state index in [1.807, 2.05) is 43.9 Å². The molecule has 1 N–H and O–H groups in total. The van der Waals surface area contributed by atoms with E-state index in [1.54, 1.807) is 12.3 Å². The average Bonchev–Trinajstić information content (AvgIpc) is 3.20. The fourth-order valence-electron chi connectivity index (χ4n) is 4.46. The summed E-state index contributed by atoms with van der Waals surface area (Å²) in [5.74, 6) is -1.06. The summed E-state index contributed by atoms with van der Waals surface area (Å²) in [4.78, 5) is 30.9. The zero-order valence-electron chi connectivity index (χ0n) is 23.4. The van der Waals surface area contributed by atoms with Gasteiger partial charge in [-0.3, -0.25) is 4.90 Å². The van der Waals surface area contributed by atoms with E-state index in [2.05, 4.69) is 51.0 Å². The summed E-state index contributed by atoms with van der Waals surface area (Å²) < 4.78 is 12.9. The summed E-state index contributed by atoms with van der Waals surface area (Å²) in [5, 5.41) is 9.20. The number of hydrogen-bond acceptors (Lipinski definition) is 5. The number of ether oxygens (including phenoxy) is 1. The number of pyridine rings is 1. The molecule has 0 spiro atoms. The smallest absolute Gasteiger partial charge is 0.410 e. The van der Waals surface area contributed by atoms with Crippen LogP contribution in [-0.2, 0) is 15.6 Å². The minimum Gasteiger partial charge on any atom is -0.477 e. The van der Waals surface area contributed by atoms with E-state index in [9.17, 15) is 14.7 Å². The third kappa shape index (κ3) is 7.20. The Labute approximate surface area is 222 Å². The van der Waals surface area contributed by atoms with Gasteiger partial charge in [0, 0.05) is 12.2 Å². The molecular formula is C29H42N2O5Si. The van der Waals surface area contributed by atoms with Gasteiger partial charge in [-0.1, -0.05) is 57.2 Å². The van der Waals surface area contributed by atoms with Crippen molar-refractivity contribution in [1.29, 1.82) is 0 Å². The van der Waals surface area contributed by atoms with E-state index in [0.29, 0.717) is 6.42 Å². The van der Waals surface area contributed by atoms with Crippen LogP contribution in [-0.4, -0.2) is 53.1 Å². The molecule has 1 fully saturated rings. The van der Waals surface area contributed by atoms with Crippen LogP contribution in [0.25, 0.3) is 0 Å². The lowest BCUT2D eigenvalue weighted by atomic mass is 10.0. The molecule has 37 heavy (non-hydrogen) atoms. The van der Waals surface area contributed by atoms with Crippen molar-refractivity contribution in [1.82, 2.24) is 9.88 Å². The van der Waals surface area contributed by atoms with E-state index in [-0.39, 0.29) is 35.0 Å². The Balaban J connectivity index is 1.99. The van der Waals surface area contributed by atoms with Gasteiger partial charge in [0.2, 0.25) is 0 Å². The van der Waals surface area contributed by atoms with Gasteiger partial charge in [0.1, 0.15) is 11.3 Å². The van der Waals surface area contributed by atoms with E-state index in [4.69, 9.17) is 9.16 Å². The molecule has 2 aromatic rings. The number of likely N-dealkylation sites (tertiary alicyclic amines) is 1. The zero-order chi connectivity index (χ0) is 27.6. The zero-order valence-corrected chi connectivity index (χ0v) is 24.4. The Morgan fingerprint density at radius 2 is 1.70 bits per heavy atom. The van der Waals surface area contributed by atoms with Crippen molar-refractivity contribution in [2.45, 2.75) is 103 Å². The molecule has 3 atom stereocenters. The van der Waals surface area contributed by atoms with Crippen LogP contribution in [0, 0.1) is 0 Å². The van der Waals surface area contributed by atoms with Gasteiger partial charge >= 0.3 is 12.1 Å². The van der Waals surface area contributed by atoms with Gasteiger partial charge in [0.05, 0.1) is 12.1 Å². The molecule has 202 valence electrons. The molecule has 1 aliphatic heterocycles. The van der Waals surface area contributed by atoms with Gasteiger partial charge < -0.3 is 14.3 Å². The topological polar surface area (TPSA) is 89.0 Å². The highest BCUT2D eigenvalue weighted by Crippen LogP contribution is 2.44. The normalized spacial score (nSPS) is 19.5. The monoisotopic (exact) mass is 526 g/mol. The third-order valence-corrected chi connectivity index (χ3v) is 11.8. The Kier molecular flexibility index (Phi) is 8.54. The molecule has 1 aliphatic rings. The molecule has 0 bridgehead atoms. The molecule has 1 saturated heterocycles. The summed E-state index contributed by atoms with van der Waals surface area (Å²) in [6, 6.07) is 13.1. The maximum absolute atomic E-state index is 13.7. The number of hydrogen-bond donors (Lipinski definition) is 1. The summed E-state index contributed by atoms with van der Waals surface area (Å²) >= 11 is 0. The second-order valence-corrected chi connectivity index (χ2v) is 17.2. The van der Waals surface area contributed by atoms with Crippen LogP contribution in [0.5, 0.6) is 0 Å². The number of amides is 1. The Hall–Kier alpha value is -2.71. The molecule has 3 rings (SSSR count). The molecule has 1 amide bonds. The van der Waals surface area contributed by atoms with E-state index in [1.165, 1.54) is 6.07 Å². The van der Waals surface area contributed by atoms with Crippen molar-refractivity contribution in [2.24, 2.45) is 0 Å². The maximum Gasteiger partial charge on any atom is 0.410 e. The standard InChI is InChI=1S/C29H42N2O5Si/c1-28(2,3)35-27(34)31-22(18-20-14-16-23(26(32)33)30-19-20)15-17-24(31)25(21-12-10-9-11-13-21)36-37(7,8)29(4,5)6/h9-14,16,19,22,24-25H,15,17-18H2,1-8H3,(H,32,33)/t22-,24+,25+/m0/s1. The molecule has 0 unspecified atom stereocenters. The Morgan fingerprint density at radius 3 is 2.22 bits per heavy atom. The fraction of sp³-hybridized carbons (Fsp3) is 0.552. The highest BCUT2D eigenvalue weighted by molar-refractivity contribution is 6.74. The number of carbonyl (C=O) groups is 2. The predicted octanol–water partition coefficient (Wildman–Crippen LogP) is 6.85. The number of carbonyl (C=O) groups excluding carboxylic acids is 1. The minimum atomic E-state index is -2.19. The van der Waals surface area contributed by atoms with Crippen molar-refractivity contribution < 1.29 is 23.9 Å². The molecule has 1 aromatic carbocycles. The molecular weight excluding hydrogens is 484 g/mol. The SMILES string of the molecule is CC(C)(C)OC(=O)N1[C@H](Cc2ccc(C(=O)O)nc2)CC[C@@H]1[C@H](O[Si](C)(C)C(C)(C)C)c1ccccc1. The molecule has 0 aliphatic carbocycles. The maximum atomic E-state index is 13.7. The highest BCUT2D eigenvalue weighted by atomic mass is 28.4. The van der Waals surface area contributed by atoms with Crippen LogP contribution < -0.4 is 0 Å². The highest BCUT2D eigenvalue weighted by Gasteiger charge is 2.47. The molecule has 0 radical (unpaired) electrons. The van der Waals surface area contributed by atoms with Gasteiger partial charge in [-0.05, 0) is 75.4 Å². The van der Waals surface area contributed by atoms with Gasteiger partial charge in [0.25, 0.3) is 0 Å². The van der Waals surface area contributed by atoms with Gasteiger partial charge in [-0.2, -0.15) is 0 Å². The third-order valence-electron chi connectivity index (χ3n) is 7.37. The summed E-state index contributed by atoms with van der Waals surface area (Å²) in [6.45, 7) is 16.8.